The second-order valence-corrected chi connectivity index (χ2v) is 5.27. The molecule has 1 aliphatic heterocycles. The third-order valence-corrected chi connectivity index (χ3v) is 4.33. The van der Waals surface area contributed by atoms with Crippen molar-refractivity contribution in [1.82, 2.24) is 4.90 Å². The van der Waals surface area contributed by atoms with E-state index in [2.05, 4.69) is 0 Å². The molecule has 0 N–H and O–H groups in total. The van der Waals surface area contributed by atoms with Gasteiger partial charge in [0.15, 0.2) is 0 Å². The minimum absolute atomic E-state index is 0.0168. The summed E-state index contributed by atoms with van der Waals surface area (Å²) in [4.78, 5) is 13.2. The van der Waals surface area contributed by atoms with Crippen molar-refractivity contribution in [3.63, 3.8) is 0 Å². The second-order valence-electron chi connectivity index (χ2n) is 5.27. The number of alkyl halides is 3. The van der Waals surface area contributed by atoms with Gasteiger partial charge in [-0.25, -0.2) is 0 Å². The van der Waals surface area contributed by atoms with E-state index in [1.807, 2.05) is 0 Å². The lowest BCUT2D eigenvalue weighted by Crippen LogP contribution is -2.57. The van der Waals surface area contributed by atoms with Gasteiger partial charge in [0.25, 0.3) is 0 Å². The van der Waals surface area contributed by atoms with Crippen LogP contribution in [0.5, 0.6) is 0 Å². The van der Waals surface area contributed by atoms with Gasteiger partial charge in [0, 0.05) is 19.5 Å². The minimum Gasteiger partial charge on any atom is -0.342 e. The molecule has 2 aliphatic rings. The predicted molar refractivity (Wildman–Crippen MR) is 57.3 cm³/mol. The largest absolute Gasteiger partial charge is 0.392 e. The van der Waals surface area contributed by atoms with Crippen LogP contribution < -0.4 is 0 Å². The molecule has 1 unspecified atom stereocenters. The summed E-state index contributed by atoms with van der Waals surface area (Å²) >= 11 is 0. The van der Waals surface area contributed by atoms with Gasteiger partial charge in [-0.1, -0.05) is 13.3 Å². The molecule has 2 rings (SSSR count). The molecule has 0 aromatic rings. The molecule has 0 aromatic heterocycles. The molecule has 0 bridgehead atoms. The normalized spacial score (nSPS) is 28.0. The van der Waals surface area contributed by atoms with Crippen LogP contribution in [-0.2, 0) is 4.79 Å². The molecule has 1 atom stereocenters. The lowest BCUT2D eigenvalue weighted by molar-refractivity contribution is -0.237. The van der Waals surface area contributed by atoms with Crippen LogP contribution in [0.4, 0.5) is 13.2 Å². The van der Waals surface area contributed by atoms with Gasteiger partial charge in [0.1, 0.15) is 0 Å². The quantitative estimate of drug-likeness (QED) is 0.699. The standard InChI is InChI=1S/C12H18F3NO/c1-2-10(17)16-7-4-9(12(13,14)15)11(8-16)5-3-6-11/h9H,2-8H2,1H3. The van der Waals surface area contributed by atoms with Crippen molar-refractivity contribution in [2.24, 2.45) is 11.3 Å². The van der Waals surface area contributed by atoms with Gasteiger partial charge in [-0.3, -0.25) is 4.79 Å². The monoisotopic (exact) mass is 249 g/mol. The first-order chi connectivity index (χ1) is 7.89. The zero-order chi connectivity index (χ0) is 12.7. The van der Waals surface area contributed by atoms with Gasteiger partial charge in [0.05, 0.1) is 5.92 Å². The number of hydrogen-bond donors (Lipinski definition) is 0. The third kappa shape index (κ3) is 2.16. The van der Waals surface area contributed by atoms with Crippen LogP contribution in [0.3, 0.4) is 0 Å². The van der Waals surface area contributed by atoms with Crippen molar-refractivity contribution in [1.29, 1.82) is 0 Å². The fraction of sp³-hybridized carbons (Fsp3) is 0.917. The van der Waals surface area contributed by atoms with E-state index in [1.165, 1.54) is 0 Å². The molecule has 17 heavy (non-hydrogen) atoms. The first-order valence-corrected chi connectivity index (χ1v) is 6.23. The zero-order valence-corrected chi connectivity index (χ0v) is 10.0. The number of carbonyl (C=O) groups is 1. The molecule has 2 nitrogen and oxygen atoms in total. The molecule has 2 fully saturated rings. The second kappa shape index (κ2) is 4.18. The Balaban J connectivity index is 2.13. The van der Waals surface area contributed by atoms with Crippen molar-refractivity contribution < 1.29 is 18.0 Å². The Morgan fingerprint density at radius 3 is 2.47 bits per heavy atom. The van der Waals surface area contributed by atoms with E-state index >= 15 is 0 Å². The molecule has 5 heteroatoms. The highest BCUT2D eigenvalue weighted by Crippen LogP contribution is 2.56. The highest BCUT2D eigenvalue weighted by Gasteiger charge is 2.58. The Morgan fingerprint density at radius 1 is 1.41 bits per heavy atom. The fourth-order valence-corrected chi connectivity index (χ4v) is 3.25. The summed E-state index contributed by atoms with van der Waals surface area (Å²) in [5.41, 5.74) is -0.665. The van der Waals surface area contributed by atoms with Gasteiger partial charge in [-0.05, 0) is 24.7 Å². The first kappa shape index (κ1) is 12.7. The van der Waals surface area contributed by atoms with Gasteiger partial charge < -0.3 is 4.90 Å². The topological polar surface area (TPSA) is 20.3 Å². The van der Waals surface area contributed by atoms with Crippen LogP contribution in [0, 0.1) is 11.3 Å². The van der Waals surface area contributed by atoms with Gasteiger partial charge in [-0.15, -0.1) is 0 Å². The third-order valence-electron chi connectivity index (χ3n) is 4.33. The van der Waals surface area contributed by atoms with Crippen LogP contribution in [0.25, 0.3) is 0 Å². The van der Waals surface area contributed by atoms with E-state index in [9.17, 15) is 18.0 Å². The summed E-state index contributed by atoms with van der Waals surface area (Å²) in [5, 5.41) is 0. The number of piperidine rings is 1. The first-order valence-electron chi connectivity index (χ1n) is 6.23. The van der Waals surface area contributed by atoms with Crippen molar-refractivity contribution >= 4 is 5.91 Å². The van der Waals surface area contributed by atoms with E-state index < -0.39 is 17.5 Å². The smallest absolute Gasteiger partial charge is 0.342 e. The number of halogens is 3. The molecule has 0 aromatic carbocycles. The maximum Gasteiger partial charge on any atom is 0.392 e. The molecule has 1 heterocycles. The summed E-state index contributed by atoms with van der Waals surface area (Å²) in [6.45, 7) is 2.33. The Bertz CT molecular complexity index is 309. The van der Waals surface area contributed by atoms with Gasteiger partial charge in [-0.2, -0.15) is 13.2 Å². The number of rotatable bonds is 1. The van der Waals surface area contributed by atoms with E-state index in [0.717, 1.165) is 6.42 Å². The maximum atomic E-state index is 13.0. The van der Waals surface area contributed by atoms with Crippen molar-refractivity contribution in [2.75, 3.05) is 13.1 Å². The Kier molecular flexibility index (Phi) is 3.12. The molecule has 1 amide bonds. The molecule has 1 saturated heterocycles. The van der Waals surface area contributed by atoms with Crippen molar-refractivity contribution in [3.8, 4) is 0 Å². The molecule has 98 valence electrons. The number of hydrogen-bond acceptors (Lipinski definition) is 1. The number of carbonyl (C=O) groups excluding carboxylic acids is 1. The number of nitrogens with zero attached hydrogens (tertiary/aromatic N) is 1. The molecular weight excluding hydrogens is 231 g/mol. The SMILES string of the molecule is CCC(=O)N1CCC(C(F)(F)F)C2(CCC2)C1. The molecule has 1 saturated carbocycles. The zero-order valence-electron chi connectivity index (χ0n) is 10.0. The fourth-order valence-electron chi connectivity index (χ4n) is 3.25. The van der Waals surface area contributed by atoms with Crippen molar-refractivity contribution in [2.45, 2.75) is 45.2 Å². The lowest BCUT2D eigenvalue weighted by Gasteiger charge is -2.54. The van der Waals surface area contributed by atoms with E-state index in [-0.39, 0.29) is 18.9 Å². The average Bonchev–Trinajstić information content (AvgIpc) is 2.23. The molecular formula is C12H18F3NO. The van der Waals surface area contributed by atoms with Crippen LogP contribution in [0.1, 0.15) is 39.0 Å². The van der Waals surface area contributed by atoms with Gasteiger partial charge >= 0.3 is 6.18 Å². The van der Waals surface area contributed by atoms with Crippen molar-refractivity contribution in [3.05, 3.63) is 0 Å². The Hall–Kier alpha value is -0.740. The van der Waals surface area contributed by atoms with E-state index in [4.69, 9.17) is 0 Å². The average molecular weight is 249 g/mol. The van der Waals surface area contributed by atoms with Crippen LogP contribution in [-0.4, -0.2) is 30.1 Å². The Morgan fingerprint density at radius 2 is 2.06 bits per heavy atom. The Labute approximate surface area is 99.2 Å². The van der Waals surface area contributed by atoms with Gasteiger partial charge in [0.2, 0.25) is 5.91 Å². The van der Waals surface area contributed by atoms with Crippen LogP contribution in [0.15, 0.2) is 0 Å². The number of amides is 1. The summed E-state index contributed by atoms with van der Waals surface area (Å²) in [5.74, 6) is -1.22. The van der Waals surface area contributed by atoms with Crippen LogP contribution in [0.2, 0.25) is 0 Å². The molecule has 1 spiro atoms. The van der Waals surface area contributed by atoms with E-state index in [1.54, 1.807) is 11.8 Å². The predicted octanol–water partition coefficient (Wildman–Crippen LogP) is 2.98. The highest BCUT2D eigenvalue weighted by molar-refractivity contribution is 5.76. The van der Waals surface area contributed by atoms with E-state index in [0.29, 0.717) is 25.8 Å². The number of likely N-dealkylation sites (tertiary alicyclic amines) is 1. The maximum absolute atomic E-state index is 13.0. The summed E-state index contributed by atoms with van der Waals surface area (Å²) in [6.07, 6.45) is -1.56. The van der Waals surface area contributed by atoms with Crippen LogP contribution >= 0.6 is 0 Å². The lowest BCUT2D eigenvalue weighted by atomic mass is 9.58. The minimum atomic E-state index is -4.11. The highest BCUT2D eigenvalue weighted by atomic mass is 19.4. The summed E-state index contributed by atoms with van der Waals surface area (Å²) < 4.78 is 38.9. The summed E-state index contributed by atoms with van der Waals surface area (Å²) in [6, 6.07) is 0. The summed E-state index contributed by atoms with van der Waals surface area (Å²) in [7, 11) is 0. The molecule has 1 aliphatic carbocycles. The molecule has 0 radical (unpaired) electrons.